The molecule has 1 aromatic rings. The number of methoxy groups -OCH3 is 1. The SMILES string of the molecule is CCCCCCCC(=O)N[C@H](CN1CCCC1)[C@H](OC(=O)COCCOCCOC)c1ccc2c(c1)OCCO2. The van der Waals surface area contributed by atoms with E-state index in [1.165, 1.54) is 6.42 Å². The second-order valence-corrected chi connectivity index (χ2v) is 10.3. The van der Waals surface area contributed by atoms with Crippen molar-refractivity contribution in [2.45, 2.75) is 70.4 Å². The van der Waals surface area contributed by atoms with Crippen LogP contribution < -0.4 is 14.8 Å². The van der Waals surface area contributed by atoms with Crippen LogP contribution in [0.3, 0.4) is 0 Å². The fraction of sp³-hybridized carbons (Fsp3) is 0.733. The molecule has 10 nitrogen and oxygen atoms in total. The lowest BCUT2D eigenvalue weighted by Crippen LogP contribution is -2.48. The molecule has 1 fully saturated rings. The zero-order chi connectivity index (χ0) is 28.4. The number of fused-ring (bicyclic) bond motifs is 1. The van der Waals surface area contributed by atoms with Gasteiger partial charge in [0.05, 0.1) is 32.5 Å². The van der Waals surface area contributed by atoms with Gasteiger partial charge in [0.15, 0.2) is 11.5 Å². The minimum atomic E-state index is -0.713. The van der Waals surface area contributed by atoms with Crippen LogP contribution in [0.15, 0.2) is 18.2 Å². The van der Waals surface area contributed by atoms with Crippen LogP contribution in [0.2, 0.25) is 0 Å². The number of nitrogens with one attached hydrogen (secondary N) is 1. The van der Waals surface area contributed by atoms with Gasteiger partial charge in [0.25, 0.3) is 0 Å². The van der Waals surface area contributed by atoms with Crippen molar-refractivity contribution in [3.05, 3.63) is 23.8 Å². The Kier molecular flexibility index (Phi) is 15.1. The third-order valence-electron chi connectivity index (χ3n) is 7.05. The van der Waals surface area contributed by atoms with Crippen LogP contribution in [0, 0.1) is 0 Å². The minimum absolute atomic E-state index is 0.0243. The Balaban J connectivity index is 1.70. The van der Waals surface area contributed by atoms with Crippen LogP contribution in [-0.2, 0) is 28.5 Å². The molecule has 1 N–H and O–H groups in total. The molecular formula is C30H48N2O8. The summed E-state index contributed by atoms with van der Waals surface area (Å²) in [5, 5.41) is 3.21. The Labute approximate surface area is 238 Å². The summed E-state index contributed by atoms with van der Waals surface area (Å²) in [4.78, 5) is 28.3. The lowest BCUT2D eigenvalue weighted by atomic mass is 10.00. The number of hydrogen-bond donors (Lipinski definition) is 1. The van der Waals surface area contributed by atoms with Crippen LogP contribution in [0.4, 0.5) is 0 Å². The number of amides is 1. The highest BCUT2D eigenvalue weighted by Gasteiger charge is 2.32. The van der Waals surface area contributed by atoms with Gasteiger partial charge in [-0.25, -0.2) is 4.79 Å². The monoisotopic (exact) mass is 564 g/mol. The summed E-state index contributed by atoms with van der Waals surface area (Å²) in [5.74, 6) is 0.737. The predicted octanol–water partition coefficient (Wildman–Crippen LogP) is 3.66. The average Bonchev–Trinajstić information content (AvgIpc) is 3.48. The molecule has 226 valence electrons. The van der Waals surface area contributed by atoms with E-state index in [0.29, 0.717) is 57.5 Å². The molecule has 0 bridgehead atoms. The number of carbonyl (C=O) groups is 2. The molecule has 40 heavy (non-hydrogen) atoms. The van der Waals surface area contributed by atoms with Crippen LogP contribution in [0.1, 0.15) is 70.0 Å². The summed E-state index contributed by atoms with van der Waals surface area (Å²) in [7, 11) is 1.61. The van der Waals surface area contributed by atoms with E-state index < -0.39 is 18.1 Å². The molecule has 2 aliphatic rings. The van der Waals surface area contributed by atoms with Crippen molar-refractivity contribution in [2.75, 3.05) is 73.0 Å². The van der Waals surface area contributed by atoms with Gasteiger partial charge >= 0.3 is 5.97 Å². The number of nitrogens with zero attached hydrogens (tertiary/aromatic N) is 1. The summed E-state index contributed by atoms with van der Waals surface area (Å²) in [6, 6.07) is 5.14. The van der Waals surface area contributed by atoms with Gasteiger partial charge < -0.3 is 38.6 Å². The van der Waals surface area contributed by atoms with E-state index in [2.05, 4.69) is 17.1 Å². The second-order valence-electron chi connectivity index (χ2n) is 10.3. The van der Waals surface area contributed by atoms with E-state index in [-0.39, 0.29) is 19.1 Å². The fourth-order valence-electron chi connectivity index (χ4n) is 4.94. The molecule has 0 unspecified atom stereocenters. The third kappa shape index (κ3) is 11.6. The van der Waals surface area contributed by atoms with Gasteiger partial charge in [-0.3, -0.25) is 4.79 Å². The topological polar surface area (TPSA) is 105 Å². The van der Waals surface area contributed by atoms with Crippen molar-refractivity contribution in [2.24, 2.45) is 0 Å². The van der Waals surface area contributed by atoms with Crippen LogP contribution in [0.5, 0.6) is 11.5 Å². The normalized spacial score (nSPS) is 16.4. The molecule has 1 saturated heterocycles. The highest BCUT2D eigenvalue weighted by molar-refractivity contribution is 5.76. The van der Waals surface area contributed by atoms with Crippen LogP contribution >= 0.6 is 0 Å². The first kappa shape index (κ1) is 32.1. The summed E-state index contributed by atoms with van der Waals surface area (Å²) in [6.45, 7) is 6.99. The Morgan fingerprint density at radius 1 is 0.950 bits per heavy atom. The van der Waals surface area contributed by atoms with Crippen molar-refractivity contribution >= 4 is 11.9 Å². The first-order valence-electron chi connectivity index (χ1n) is 14.9. The minimum Gasteiger partial charge on any atom is -0.486 e. The predicted molar refractivity (Wildman–Crippen MR) is 151 cm³/mol. The van der Waals surface area contributed by atoms with Crippen molar-refractivity contribution < 1.29 is 38.0 Å². The number of hydrogen-bond acceptors (Lipinski definition) is 9. The average molecular weight is 565 g/mol. The summed E-state index contributed by atoms with van der Waals surface area (Å²) in [6.07, 6.45) is 7.33. The highest BCUT2D eigenvalue weighted by Crippen LogP contribution is 2.35. The maximum atomic E-state index is 13.1. The van der Waals surface area contributed by atoms with Gasteiger partial charge in [-0.2, -0.15) is 0 Å². The van der Waals surface area contributed by atoms with E-state index in [1.807, 2.05) is 18.2 Å². The molecule has 1 amide bonds. The zero-order valence-electron chi connectivity index (χ0n) is 24.3. The first-order chi connectivity index (χ1) is 19.6. The standard InChI is InChI=1S/C30H48N2O8/c1-3-4-5-6-7-10-28(33)31-25(22-32-13-8-9-14-32)30(24-11-12-26-27(21-24)39-20-19-38-26)40-29(34)23-37-18-17-36-16-15-35-2/h11-12,21,25,30H,3-10,13-20,22-23H2,1-2H3,(H,31,33)/t25-,30-/m1/s1. The van der Waals surface area contributed by atoms with E-state index in [9.17, 15) is 9.59 Å². The van der Waals surface area contributed by atoms with Gasteiger partial charge in [-0.05, 0) is 50.0 Å². The highest BCUT2D eigenvalue weighted by atomic mass is 16.6. The molecule has 0 saturated carbocycles. The number of benzene rings is 1. The van der Waals surface area contributed by atoms with E-state index >= 15 is 0 Å². The maximum absolute atomic E-state index is 13.1. The lowest BCUT2D eigenvalue weighted by molar-refractivity contribution is -0.158. The number of esters is 1. The quantitative estimate of drug-likeness (QED) is 0.188. The number of likely N-dealkylation sites (tertiary alicyclic amines) is 1. The number of rotatable bonds is 20. The fourth-order valence-corrected chi connectivity index (χ4v) is 4.94. The summed E-state index contributed by atoms with van der Waals surface area (Å²) >= 11 is 0. The molecule has 0 spiro atoms. The molecule has 10 heteroatoms. The third-order valence-corrected chi connectivity index (χ3v) is 7.05. The van der Waals surface area contributed by atoms with Crippen LogP contribution in [0.25, 0.3) is 0 Å². The first-order valence-corrected chi connectivity index (χ1v) is 14.9. The van der Waals surface area contributed by atoms with Gasteiger partial charge in [0, 0.05) is 20.1 Å². The smallest absolute Gasteiger partial charge is 0.332 e. The van der Waals surface area contributed by atoms with Crippen molar-refractivity contribution in [1.29, 1.82) is 0 Å². The Bertz CT molecular complexity index is 877. The van der Waals surface area contributed by atoms with Gasteiger partial charge in [0.2, 0.25) is 5.91 Å². The number of unbranched alkanes of at least 4 members (excludes halogenated alkanes) is 4. The van der Waals surface area contributed by atoms with E-state index in [4.69, 9.17) is 28.4 Å². The molecule has 0 radical (unpaired) electrons. The van der Waals surface area contributed by atoms with Gasteiger partial charge in [-0.1, -0.05) is 38.7 Å². The molecule has 2 aliphatic heterocycles. The van der Waals surface area contributed by atoms with E-state index in [0.717, 1.165) is 57.2 Å². The molecule has 1 aromatic carbocycles. The van der Waals surface area contributed by atoms with Crippen molar-refractivity contribution in [3.63, 3.8) is 0 Å². The summed E-state index contributed by atoms with van der Waals surface area (Å²) in [5.41, 5.74) is 0.743. The second kappa shape index (κ2) is 18.9. The number of carbonyl (C=O) groups excluding carboxylic acids is 2. The largest absolute Gasteiger partial charge is 0.486 e. The maximum Gasteiger partial charge on any atom is 0.332 e. The van der Waals surface area contributed by atoms with E-state index in [1.54, 1.807) is 7.11 Å². The molecule has 0 aromatic heterocycles. The molecule has 3 rings (SSSR count). The molecular weight excluding hydrogens is 516 g/mol. The Hall–Kier alpha value is -2.40. The zero-order valence-corrected chi connectivity index (χ0v) is 24.3. The Morgan fingerprint density at radius 3 is 2.45 bits per heavy atom. The Morgan fingerprint density at radius 2 is 1.68 bits per heavy atom. The van der Waals surface area contributed by atoms with Crippen LogP contribution in [-0.4, -0.2) is 95.8 Å². The molecule has 2 atom stereocenters. The summed E-state index contributed by atoms with van der Waals surface area (Å²) < 4.78 is 33.4. The van der Waals surface area contributed by atoms with Gasteiger partial charge in [0.1, 0.15) is 25.9 Å². The van der Waals surface area contributed by atoms with Crippen molar-refractivity contribution in [3.8, 4) is 11.5 Å². The van der Waals surface area contributed by atoms with Crippen molar-refractivity contribution in [1.82, 2.24) is 10.2 Å². The molecule has 2 heterocycles. The van der Waals surface area contributed by atoms with Gasteiger partial charge in [-0.15, -0.1) is 0 Å². The lowest BCUT2D eigenvalue weighted by Gasteiger charge is -2.32. The number of ether oxygens (including phenoxy) is 6. The molecule has 0 aliphatic carbocycles.